The molecule has 1 aromatic carbocycles. The van der Waals surface area contributed by atoms with Gasteiger partial charge >= 0.3 is 0 Å². The second-order valence-electron chi connectivity index (χ2n) is 5.22. The van der Waals surface area contributed by atoms with Gasteiger partial charge in [-0.15, -0.1) is 0 Å². The fourth-order valence-electron chi connectivity index (χ4n) is 1.56. The van der Waals surface area contributed by atoms with Crippen LogP contribution >= 0.6 is 0 Å². The summed E-state index contributed by atoms with van der Waals surface area (Å²) in [6.07, 6.45) is 0. The fraction of sp³-hybridized carbons (Fsp3) is 0.562. The molecule has 0 saturated heterocycles. The Bertz CT molecular complexity index is 329. The standard InChI is InChI=1S/C12H18.C4H7N/c1-9(2)11-7-5-6-8-12(11)10(3)4;1-4(2)3-5/h5-10H,1-4H3;4H,1-2H3. The summed E-state index contributed by atoms with van der Waals surface area (Å²) in [6.45, 7) is 12.7. The summed E-state index contributed by atoms with van der Waals surface area (Å²) in [5, 5.41) is 7.89. The molecule has 0 unspecified atom stereocenters. The molecule has 1 aromatic rings. The SMILES string of the molecule is CC(C)C#N.CC(C)c1ccccc1C(C)C. The van der Waals surface area contributed by atoms with Gasteiger partial charge in [-0.2, -0.15) is 5.26 Å². The third kappa shape index (κ3) is 6.12. The highest BCUT2D eigenvalue weighted by molar-refractivity contribution is 5.31. The summed E-state index contributed by atoms with van der Waals surface area (Å²) in [4.78, 5) is 0. The molecule has 0 radical (unpaired) electrons. The maximum atomic E-state index is 7.89. The van der Waals surface area contributed by atoms with Crippen molar-refractivity contribution in [2.24, 2.45) is 5.92 Å². The summed E-state index contributed by atoms with van der Waals surface area (Å²) in [5.74, 6) is 1.47. The number of nitriles is 1. The van der Waals surface area contributed by atoms with Gasteiger partial charge in [0.25, 0.3) is 0 Å². The molecule has 0 fully saturated rings. The molecule has 0 aliphatic heterocycles. The van der Waals surface area contributed by atoms with E-state index in [1.165, 1.54) is 11.1 Å². The number of hydrogen-bond donors (Lipinski definition) is 0. The highest BCUT2D eigenvalue weighted by atomic mass is 14.2. The predicted molar refractivity (Wildman–Crippen MR) is 75.1 cm³/mol. The van der Waals surface area contributed by atoms with Crippen LogP contribution in [0.15, 0.2) is 24.3 Å². The number of nitrogens with zero attached hydrogens (tertiary/aromatic N) is 1. The highest BCUT2D eigenvalue weighted by Gasteiger charge is 2.07. The number of hydrogen-bond acceptors (Lipinski definition) is 1. The van der Waals surface area contributed by atoms with Crippen molar-refractivity contribution < 1.29 is 0 Å². The Labute approximate surface area is 106 Å². The largest absolute Gasteiger partial charge is 0.198 e. The number of benzene rings is 1. The van der Waals surface area contributed by atoms with Crippen molar-refractivity contribution in [3.63, 3.8) is 0 Å². The first kappa shape index (κ1) is 15.7. The molecule has 0 spiro atoms. The normalized spacial score (nSPS) is 10.1. The van der Waals surface area contributed by atoms with E-state index in [9.17, 15) is 0 Å². The molecule has 0 bridgehead atoms. The van der Waals surface area contributed by atoms with Crippen molar-refractivity contribution in [1.82, 2.24) is 0 Å². The van der Waals surface area contributed by atoms with E-state index in [0.29, 0.717) is 11.8 Å². The predicted octanol–water partition coefficient (Wildman–Crippen LogP) is 5.10. The second kappa shape index (κ2) is 7.90. The summed E-state index contributed by atoms with van der Waals surface area (Å²) in [5.41, 5.74) is 2.99. The van der Waals surface area contributed by atoms with Gasteiger partial charge in [-0.3, -0.25) is 0 Å². The smallest absolute Gasteiger partial charge is 0.0649 e. The first-order valence-corrected chi connectivity index (χ1v) is 6.38. The quantitative estimate of drug-likeness (QED) is 0.694. The molecule has 0 heterocycles. The van der Waals surface area contributed by atoms with Crippen LogP contribution in [0.2, 0.25) is 0 Å². The molecule has 0 atom stereocenters. The number of rotatable bonds is 2. The van der Waals surface area contributed by atoms with Crippen LogP contribution in [0.1, 0.15) is 64.5 Å². The summed E-state index contributed by atoms with van der Waals surface area (Å²) < 4.78 is 0. The van der Waals surface area contributed by atoms with E-state index in [2.05, 4.69) is 52.0 Å². The minimum absolute atomic E-state index is 0.190. The van der Waals surface area contributed by atoms with Crippen LogP contribution < -0.4 is 0 Å². The van der Waals surface area contributed by atoms with Crippen molar-refractivity contribution in [2.75, 3.05) is 0 Å². The van der Waals surface area contributed by atoms with Gasteiger partial charge in [0, 0.05) is 5.92 Å². The zero-order valence-electron chi connectivity index (χ0n) is 12.0. The minimum atomic E-state index is 0.190. The molecular formula is C16H25N. The van der Waals surface area contributed by atoms with Crippen molar-refractivity contribution in [3.8, 4) is 6.07 Å². The van der Waals surface area contributed by atoms with Crippen LogP contribution in [-0.4, -0.2) is 0 Å². The third-order valence-corrected chi connectivity index (χ3v) is 2.50. The average molecular weight is 231 g/mol. The molecule has 0 N–H and O–H groups in total. The molecule has 0 aliphatic carbocycles. The Kier molecular flexibility index (Phi) is 7.30. The Morgan fingerprint density at radius 1 is 0.824 bits per heavy atom. The molecular weight excluding hydrogens is 206 g/mol. The van der Waals surface area contributed by atoms with Crippen molar-refractivity contribution in [2.45, 2.75) is 53.4 Å². The topological polar surface area (TPSA) is 23.8 Å². The fourth-order valence-corrected chi connectivity index (χ4v) is 1.56. The first-order chi connectivity index (χ1) is 7.90. The van der Waals surface area contributed by atoms with Crippen LogP contribution in [0.25, 0.3) is 0 Å². The minimum Gasteiger partial charge on any atom is -0.198 e. The molecule has 1 rings (SSSR count). The van der Waals surface area contributed by atoms with Gasteiger partial charge in [0.05, 0.1) is 6.07 Å². The Morgan fingerprint density at radius 2 is 1.12 bits per heavy atom. The molecule has 17 heavy (non-hydrogen) atoms. The molecule has 0 aromatic heterocycles. The summed E-state index contributed by atoms with van der Waals surface area (Å²) in [7, 11) is 0. The van der Waals surface area contributed by atoms with Crippen molar-refractivity contribution >= 4 is 0 Å². The van der Waals surface area contributed by atoms with Crippen LogP contribution in [0.5, 0.6) is 0 Å². The molecule has 1 heteroatoms. The Balaban J connectivity index is 0.000000437. The van der Waals surface area contributed by atoms with Gasteiger partial charge in [-0.05, 0) is 36.8 Å². The lowest BCUT2D eigenvalue weighted by atomic mass is 9.91. The van der Waals surface area contributed by atoms with Crippen LogP contribution in [0.3, 0.4) is 0 Å². The van der Waals surface area contributed by atoms with Gasteiger partial charge < -0.3 is 0 Å². The van der Waals surface area contributed by atoms with Gasteiger partial charge in [-0.1, -0.05) is 52.0 Å². The van der Waals surface area contributed by atoms with Gasteiger partial charge in [0.15, 0.2) is 0 Å². The highest BCUT2D eigenvalue weighted by Crippen LogP contribution is 2.25. The van der Waals surface area contributed by atoms with E-state index in [-0.39, 0.29) is 5.92 Å². The molecule has 1 nitrogen and oxygen atoms in total. The van der Waals surface area contributed by atoms with Gasteiger partial charge in [0.1, 0.15) is 0 Å². The van der Waals surface area contributed by atoms with Crippen LogP contribution in [-0.2, 0) is 0 Å². The molecule has 0 aliphatic rings. The van der Waals surface area contributed by atoms with Crippen molar-refractivity contribution in [3.05, 3.63) is 35.4 Å². The lowest BCUT2D eigenvalue weighted by Gasteiger charge is -2.14. The van der Waals surface area contributed by atoms with Gasteiger partial charge in [0.2, 0.25) is 0 Å². The van der Waals surface area contributed by atoms with Crippen molar-refractivity contribution in [1.29, 1.82) is 5.26 Å². The Hall–Kier alpha value is -1.29. The summed E-state index contributed by atoms with van der Waals surface area (Å²) >= 11 is 0. The van der Waals surface area contributed by atoms with E-state index in [1.54, 1.807) is 0 Å². The van der Waals surface area contributed by atoms with E-state index in [1.807, 2.05) is 19.9 Å². The summed E-state index contributed by atoms with van der Waals surface area (Å²) in [6, 6.07) is 10.8. The van der Waals surface area contributed by atoms with E-state index in [0.717, 1.165) is 0 Å². The van der Waals surface area contributed by atoms with Crippen LogP contribution in [0, 0.1) is 17.2 Å². The van der Waals surface area contributed by atoms with Gasteiger partial charge in [-0.25, -0.2) is 0 Å². The molecule has 94 valence electrons. The average Bonchev–Trinajstić information content (AvgIpc) is 2.29. The van der Waals surface area contributed by atoms with E-state index < -0.39 is 0 Å². The second-order valence-corrected chi connectivity index (χ2v) is 5.22. The molecule has 0 saturated carbocycles. The zero-order valence-corrected chi connectivity index (χ0v) is 12.0. The van der Waals surface area contributed by atoms with E-state index >= 15 is 0 Å². The monoisotopic (exact) mass is 231 g/mol. The van der Waals surface area contributed by atoms with E-state index in [4.69, 9.17) is 5.26 Å². The lowest BCUT2D eigenvalue weighted by molar-refractivity contribution is 0.790. The lowest BCUT2D eigenvalue weighted by Crippen LogP contribution is -1.97. The Morgan fingerprint density at radius 3 is 1.29 bits per heavy atom. The first-order valence-electron chi connectivity index (χ1n) is 6.38. The molecule has 0 amide bonds. The third-order valence-electron chi connectivity index (χ3n) is 2.50. The maximum Gasteiger partial charge on any atom is 0.0649 e. The maximum absolute atomic E-state index is 7.89. The zero-order chi connectivity index (χ0) is 13.4. The van der Waals surface area contributed by atoms with Crippen LogP contribution in [0.4, 0.5) is 0 Å².